The fraction of sp³-hybridized carbons (Fsp3) is 0.182. The number of carbonyl (C=O) groups is 1. The van der Waals surface area contributed by atoms with Crippen LogP contribution in [0.4, 0.5) is 16.2 Å². The second-order valence-corrected chi connectivity index (χ2v) is 3.09. The van der Waals surface area contributed by atoms with Gasteiger partial charge in [0, 0.05) is 24.9 Å². The van der Waals surface area contributed by atoms with Gasteiger partial charge in [-0.1, -0.05) is 5.92 Å². The number of carbonyl (C=O) groups excluding carboxylic acids is 1. The van der Waals surface area contributed by atoms with E-state index in [0.29, 0.717) is 5.69 Å². The number of nitro benzene ring substituents is 1. The summed E-state index contributed by atoms with van der Waals surface area (Å²) in [6, 6.07) is 5.52. The minimum absolute atomic E-state index is 0.0425. The molecule has 0 aliphatic heterocycles. The lowest BCUT2D eigenvalue weighted by Crippen LogP contribution is -2.27. The number of hydrogen-bond donors (Lipinski definition) is 0. The average Bonchev–Trinajstić information content (AvgIpc) is 2.35. The molecule has 0 spiro atoms. The fourth-order valence-corrected chi connectivity index (χ4v) is 1.10. The molecule has 6 heteroatoms. The number of rotatable bonds is 3. The third kappa shape index (κ3) is 3.21. The van der Waals surface area contributed by atoms with Crippen LogP contribution in [-0.4, -0.2) is 24.7 Å². The van der Waals surface area contributed by atoms with Crippen molar-refractivity contribution in [1.82, 2.24) is 0 Å². The Bertz CT molecular complexity index is 461. The molecule has 0 saturated carbocycles. The highest BCUT2D eigenvalue weighted by atomic mass is 16.6. The summed E-state index contributed by atoms with van der Waals surface area (Å²) >= 11 is 0. The molecule has 0 fully saturated rings. The van der Waals surface area contributed by atoms with Crippen molar-refractivity contribution in [2.75, 3.05) is 18.6 Å². The minimum Gasteiger partial charge on any atom is -0.436 e. The zero-order valence-electron chi connectivity index (χ0n) is 9.12. The van der Waals surface area contributed by atoms with E-state index in [0.717, 1.165) is 0 Å². The zero-order chi connectivity index (χ0) is 12.8. The van der Waals surface area contributed by atoms with Gasteiger partial charge < -0.3 is 4.74 Å². The van der Waals surface area contributed by atoms with Gasteiger partial charge in [-0.3, -0.25) is 15.0 Å². The van der Waals surface area contributed by atoms with Crippen LogP contribution in [0.5, 0.6) is 0 Å². The molecule has 0 saturated heterocycles. The second-order valence-electron chi connectivity index (χ2n) is 3.09. The van der Waals surface area contributed by atoms with Crippen LogP contribution in [-0.2, 0) is 4.74 Å². The van der Waals surface area contributed by atoms with Crippen molar-refractivity contribution in [2.45, 2.75) is 0 Å². The highest BCUT2D eigenvalue weighted by molar-refractivity contribution is 5.87. The van der Waals surface area contributed by atoms with Crippen molar-refractivity contribution in [3.05, 3.63) is 34.4 Å². The quantitative estimate of drug-likeness (QED) is 0.454. The fourth-order valence-electron chi connectivity index (χ4n) is 1.10. The maximum atomic E-state index is 11.4. The summed E-state index contributed by atoms with van der Waals surface area (Å²) in [5.41, 5.74) is 0.441. The van der Waals surface area contributed by atoms with Gasteiger partial charge >= 0.3 is 6.09 Å². The van der Waals surface area contributed by atoms with Gasteiger partial charge in [0.2, 0.25) is 0 Å². The molecule has 0 aliphatic carbocycles. The van der Waals surface area contributed by atoms with Crippen molar-refractivity contribution in [1.29, 1.82) is 0 Å². The Morgan fingerprint density at radius 1 is 1.53 bits per heavy atom. The van der Waals surface area contributed by atoms with E-state index < -0.39 is 11.0 Å². The number of anilines is 1. The van der Waals surface area contributed by atoms with Gasteiger partial charge in [-0.05, 0) is 12.1 Å². The monoisotopic (exact) mass is 234 g/mol. The maximum Gasteiger partial charge on any atom is 0.414 e. The van der Waals surface area contributed by atoms with Crippen LogP contribution in [0.2, 0.25) is 0 Å². The van der Waals surface area contributed by atoms with E-state index in [2.05, 4.69) is 5.92 Å². The lowest BCUT2D eigenvalue weighted by atomic mass is 10.3. The van der Waals surface area contributed by atoms with Crippen molar-refractivity contribution in [3.63, 3.8) is 0 Å². The van der Waals surface area contributed by atoms with Crippen LogP contribution in [0.1, 0.15) is 0 Å². The summed E-state index contributed by atoms with van der Waals surface area (Å²) in [7, 11) is 1.49. The van der Waals surface area contributed by atoms with Crippen molar-refractivity contribution in [2.24, 2.45) is 0 Å². The summed E-state index contributed by atoms with van der Waals surface area (Å²) in [4.78, 5) is 22.5. The van der Waals surface area contributed by atoms with E-state index in [-0.39, 0.29) is 12.3 Å². The predicted molar refractivity (Wildman–Crippen MR) is 61.7 cm³/mol. The molecule has 0 bridgehead atoms. The maximum absolute atomic E-state index is 11.4. The third-order valence-electron chi connectivity index (χ3n) is 2.00. The molecule has 1 aromatic rings. The van der Waals surface area contributed by atoms with Gasteiger partial charge in [0.15, 0.2) is 6.61 Å². The summed E-state index contributed by atoms with van der Waals surface area (Å²) in [5, 5.41) is 10.4. The molecule has 0 aromatic heterocycles. The molecule has 0 heterocycles. The lowest BCUT2D eigenvalue weighted by molar-refractivity contribution is -0.384. The summed E-state index contributed by atoms with van der Waals surface area (Å²) < 4.78 is 4.70. The van der Waals surface area contributed by atoms with E-state index >= 15 is 0 Å². The van der Waals surface area contributed by atoms with E-state index in [4.69, 9.17) is 11.2 Å². The van der Waals surface area contributed by atoms with Crippen LogP contribution in [0.25, 0.3) is 0 Å². The average molecular weight is 234 g/mol. The molecule has 0 N–H and O–H groups in total. The van der Waals surface area contributed by atoms with Crippen molar-refractivity contribution < 1.29 is 14.5 Å². The number of ether oxygens (including phenoxy) is 1. The van der Waals surface area contributed by atoms with Gasteiger partial charge in [-0.2, -0.15) is 0 Å². The Labute approximate surface area is 97.9 Å². The molecule has 6 nitrogen and oxygen atoms in total. The number of nitro groups is 1. The standard InChI is InChI=1S/C11H10N2O4/c1-3-8-17-11(14)12(2)9-4-6-10(7-5-9)13(15)16/h1,4-7H,8H2,2H3. The van der Waals surface area contributed by atoms with Crippen LogP contribution in [0.15, 0.2) is 24.3 Å². The molecular weight excluding hydrogens is 224 g/mol. The Morgan fingerprint density at radius 2 is 2.12 bits per heavy atom. The van der Waals surface area contributed by atoms with Gasteiger partial charge in [-0.25, -0.2) is 4.79 Å². The summed E-state index contributed by atoms with van der Waals surface area (Å²) in [5.74, 6) is 2.17. The normalized spacial score (nSPS) is 9.18. The number of nitrogens with zero attached hydrogens (tertiary/aromatic N) is 2. The number of non-ortho nitro benzene ring substituents is 1. The number of benzene rings is 1. The first-order valence-corrected chi connectivity index (χ1v) is 4.64. The molecule has 0 aliphatic rings. The number of hydrogen-bond acceptors (Lipinski definition) is 4. The molecular formula is C11H10N2O4. The molecule has 0 atom stereocenters. The molecule has 1 rings (SSSR count). The Kier molecular flexibility index (Phi) is 4.06. The lowest BCUT2D eigenvalue weighted by Gasteiger charge is -2.15. The smallest absolute Gasteiger partial charge is 0.414 e. The molecule has 0 unspecified atom stereocenters. The van der Waals surface area contributed by atoms with Gasteiger partial charge in [0.1, 0.15) is 0 Å². The van der Waals surface area contributed by atoms with E-state index in [9.17, 15) is 14.9 Å². The summed E-state index contributed by atoms with van der Waals surface area (Å²) in [6.07, 6.45) is 4.33. The van der Waals surface area contributed by atoms with E-state index in [1.807, 2.05) is 0 Å². The Morgan fingerprint density at radius 3 is 2.59 bits per heavy atom. The van der Waals surface area contributed by atoms with E-state index in [1.165, 1.54) is 36.2 Å². The third-order valence-corrected chi connectivity index (χ3v) is 2.00. The largest absolute Gasteiger partial charge is 0.436 e. The number of terminal acetylenes is 1. The minimum atomic E-state index is -0.614. The Hall–Kier alpha value is -2.55. The number of amides is 1. The zero-order valence-corrected chi connectivity index (χ0v) is 9.12. The van der Waals surface area contributed by atoms with Gasteiger partial charge in [-0.15, -0.1) is 6.42 Å². The first kappa shape index (κ1) is 12.5. The first-order valence-electron chi connectivity index (χ1n) is 4.64. The SMILES string of the molecule is C#CCOC(=O)N(C)c1ccc([N+](=O)[O-])cc1. The van der Waals surface area contributed by atoms with Crippen molar-refractivity contribution in [3.8, 4) is 12.3 Å². The molecule has 1 amide bonds. The van der Waals surface area contributed by atoms with Crippen LogP contribution in [0, 0.1) is 22.5 Å². The molecule has 1 aromatic carbocycles. The van der Waals surface area contributed by atoms with Crippen molar-refractivity contribution >= 4 is 17.5 Å². The van der Waals surface area contributed by atoms with Crippen LogP contribution < -0.4 is 4.90 Å². The van der Waals surface area contributed by atoms with Gasteiger partial charge in [0.25, 0.3) is 5.69 Å². The highest BCUT2D eigenvalue weighted by Gasteiger charge is 2.13. The molecule has 0 radical (unpaired) electrons. The topological polar surface area (TPSA) is 72.7 Å². The summed E-state index contributed by atoms with van der Waals surface area (Å²) in [6.45, 7) is -0.115. The predicted octanol–water partition coefficient (Wildman–Crippen LogP) is 1.80. The first-order chi connectivity index (χ1) is 8.06. The highest BCUT2D eigenvalue weighted by Crippen LogP contribution is 2.18. The Balaban J connectivity index is 2.76. The van der Waals surface area contributed by atoms with Crippen LogP contribution in [0.3, 0.4) is 0 Å². The molecule has 17 heavy (non-hydrogen) atoms. The van der Waals surface area contributed by atoms with Gasteiger partial charge in [0.05, 0.1) is 4.92 Å². The second kappa shape index (κ2) is 5.51. The van der Waals surface area contributed by atoms with E-state index in [1.54, 1.807) is 0 Å². The van der Waals surface area contributed by atoms with Crippen LogP contribution >= 0.6 is 0 Å². The molecule has 88 valence electrons.